The quantitative estimate of drug-likeness (QED) is 0.917. The monoisotopic (exact) mass is 327 g/mol. The third kappa shape index (κ3) is 2.88. The van der Waals surface area contributed by atoms with Crippen LogP contribution in [0, 0.1) is 0 Å². The maximum absolute atomic E-state index is 5.28. The molecule has 0 aliphatic carbocycles. The minimum absolute atomic E-state index is 0.00921. The van der Waals surface area contributed by atoms with E-state index in [2.05, 4.69) is 49.6 Å². The van der Waals surface area contributed by atoms with Crippen molar-refractivity contribution in [2.75, 3.05) is 13.7 Å². The van der Waals surface area contributed by atoms with Gasteiger partial charge >= 0.3 is 0 Å². The van der Waals surface area contributed by atoms with E-state index in [1.165, 1.54) is 4.88 Å². The molecule has 2 aromatic heterocycles. The number of thiophene rings is 1. The lowest BCUT2D eigenvalue weighted by Crippen LogP contribution is -2.23. The molecule has 0 spiro atoms. The van der Waals surface area contributed by atoms with E-state index >= 15 is 0 Å². The topological polar surface area (TPSA) is 47.0 Å². The normalized spacial score (nSPS) is 12.4. The minimum Gasteiger partial charge on any atom is -0.480 e. The van der Waals surface area contributed by atoms with E-state index in [0.717, 1.165) is 16.7 Å². The van der Waals surface area contributed by atoms with Gasteiger partial charge in [-0.05, 0) is 28.5 Å². The fourth-order valence-electron chi connectivity index (χ4n) is 1.71. The molecule has 0 bridgehead atoms. The predicted octanol–water partition coefficient (Wildman–Crippen LogP) is 3.01. The van der Waals surface area contributed by atoms with Gasteiger partial charge in [-0.1, -0.05) is 6.92 Å². The third-order valence-corrected chi connectivity index (χ3v) is 4.20. The molecule has 0 radical (unpaired) electrons. The maximum Gasteiger partial charge on any atom is 0.237 e. The molecule has 6 heteroatoms. The van der Waals surface area contributed by atoms with Crippen molar-refractivity contribution < 1.29 is 4.74 Å². The zero-order valence-corrected chi connectivity index (χ0v) is 12.6. The highest BCUT2D eigenvalue weighted by molar-refractivity contribution is 9.10. The van der Waals surface area contributed by atoms with E-state index in [0.29, 0.717) is 5.88 Å². The Morgan fingerprint density at radius 1 is 1.44 bits per heavy atom. The van der Waals surface area contributed by atoms with Gasteiger partial charge in [-0.25, -0.2) is 4.98 Å². The molecular weight excluding hydrogens is 314 g/mol. The van der Waals surface area contributed by atoms with Crippen LogP contribution in [-0.2, 0) is 0 Å². The lowest BCUT2D eigenvalue weighted by Gasteiger charge is -2.17. The summed E-state index contributed by atoms with van der Waals surface area (Å²) in [6, 6.07) is 2.10. The van der Waals surface area contributed by atoms with Gasteiger partial charge in [0.15, 0.2) is 0 Å². The Morgan fingerprint density at radius 3 is 2.83 bits per heavy atom. The predicted molar refractivity (Wildman–Crippen MR) is 76.1 cm³/mol. The SMILES string of the molecule is CCNC(c1cc(Br)cs1)c1nccnc1OC. The van der Waals surface area contributed by atoms with E-state index in [-0.39, 0.29) is 6.04 Å². The molecular formula is C12H14BrN3OS. The molecule has 2 aromatic rings. The van der Waals surface area contributed by atoms with E-state index in [1.54, 1.807) is 30.8 Å². The first kappa shape index (κ1) is 13.5. The van der Waals surface area contributed by atoms with Crippen molar-refractivity contribution in [1.29, 1.82) is 0 Å². The van der Waals surface area contributed by atoms with Crippen molar-refractivity contribution in [2.24, 2.45) is 0 Å². The Morgan fingerprint density at radius 2 is 2.22 bits per heavy atom. The number of halogens is 1. The fourth-order valence-corrected chi connectivity index (χ4v) is 3.23. The number of hydrogen-bond donors (Lipinski definition) is 1. The molecule has 0 saturated heterocycles. The second kappa shape index (κ2) is 6.26. The van der Waals surface area contributed by atoms with Crippen LogP contribution in [0.3, 0.4) is 0 Å². The van der Waals surface area contributed by atoms with Crippen LogP contribution in [0.5, 0.6) is 5.88 Å². The first-order valence-corrected chi connectivity index (χ1v) is 7.25. The Hall–Kier alpha value is -0.980. The molecule has 1 unspecified atom stereocenters. The van der Waals surface area contributed by atoms with Crippen LogP contribution in [0.4, 0.5) is 0 Å². The van der Waals surface area contributed by atoms with E-state index in [4.69, 9.17) is 4.74 Å². The summed E-state index contributed by atoms with van der Waals surface area (Å²) in [7, 11) is 1.61. The van der Waals surface area contributed by atoms with E-state index in [9.17, 15) is 0 Å². The highest BCUT2D eigenvalue weighted by Crippen LogP contribution is 2.32. The minimum atomic E-state index is 0.00921. The summed E-state index contributed by atoms with van der Waals surface area (Å²) in [5.74, 6) is 0.563. The molecule has 96 valence electrons. The van der Waals surface area contributed by atoms with Gasteiger partial charge in [0.2, 0.25) is 5.88 Å². The number of ether oxygens (including phenoxy) is 1. The standard InChI is InChI=1S/C12H14BrN3OS/c1-3-14-10(9-6-8(13)7-18-9)11-12(17-2)16-5-4-15-11/h4-7,10,14H,3H2,1-2H3. The number of nitrogens with zero attached hydrogens (tertiary/aromatic N) is 2. The maximum atomic E-state index is 5.28. The fraction of sp³-hybridized carbons (Fsp3) is 0.333. The number of rotatable bonds is 5. The van der Waals surface area contributed by atoms with Crippen molar-refractivity contribution in [3.05, 3.63) is 38.9 Å². The van der Waals surface area contributed by atoms with Crippen molar-refractivity contribution >= 4 is 27.3 Å². The van der Waals surface area contributed by atoms with E-state index in [1.807, 2.05) is 0 Å². The number of nitrogens with one attached hydrogen (secondary N) is 1. The summed E-state index contributed by atoms with van der Waals surface area (Å²) in [5, 5.41) is 5.47. The summed E-state index contributed by atoms with van der Waals surface area (Å²) in [5.41, 5.74) is 0.816. The highest BCUT2D eigenvalue weighted by Gasteiger charge is 2.21. The Balaban J connectivity index is 2.41. The average molecular weight is 328 g/mol. The van der Waals surface area contributed by atoms with Crippen LogP contribution in [0.25, 0.3) is 0 Å². The lowest BCUT2D eigenvalue weighted by molar-refractivity contribution is 0.383. The van der Waals surface area contributed by atoms with Gasteiger partial charge in [-0.3, -0.25) is 4.98 Å². The van der Waals surface area contributed by atoms with Crippen LogP contribution in [0.15, 0.2) is 28.3 Å². The van der Waals surface area contributed by atoms with Gasteiger partial charge in [0.05, 0.1) is 13.2 Å². The van der Waals surface area contributed by atoms with Gasteiger partial charge in [0.25, 0.3) is 0 Å². The molecule has 0 saturated carbocycles. The number of hydrogen-bond acceptors (Lipinski definition) is 5. The second-order valence-corrected chi connectivity index (χ2v) is 5.47. The Kier molecular flexibility index (Phi) is 4.68. The third-order valence-electron chi connectivity index (χ3n) is 2.44. The van der Waals surface area contributed by atoms with Crippen LogP contribution >= 0.6 is 27.3 Å². The molecule has 0 aromatic carbocycles. The number of methoxy groups -OCH3 is 1. The first-order chi connectivity index (χ1) is 8.76. The summed E-state index contributed by atoms with van der Waals surface area (Å²) in [4.78, 5) is 9.78. The molecule has 2 heterocycles. The van der Waals surface area contributed by atoms with Gasteiger partial charge in [-0.15, -0.1) is 11.3 Å². The summed E-state index contributed by atoms with van der Waals surface area (Å²) in [6.07, 6.45) is 3.32. The van der Waals surface area contributed by atoms with Gasteiger partial charge in [-0.2, -0.15) is 0 Å². The van der Waals surface area contributed by atoms with Gasteiger partial charge < -0.3 is 10.1 Å². The molecule has 1 atom stereocenters. The summed E-state index contributed by atoms with van der Waals surface area (Å²) >= 11 is 5.15. The zero-order chi connectivity index (χ0) is 13.0. The summed E-state index contributed by atoms with van der Waals surface area (Å²) in [6.45, 7) is 2.92. The summed E-state index contributed by atoms with van der Waals surface area (Å²) < 4.78 is 6.36. The molecule has 0 fully saturated rings. The van der Waals surface area contributed by atoms with Gasteiger partial charge in [0.1, 0.15) is 5.69 Å². The van der Waals surface area contributed by atoms with Crippen LogP contribution in [0.1, 0.15) is 23.5 Å². The molecule has 0 amide bonds. The Labute approximate surface area is 119 Å². The van der Waals surface area contributed by atoms with Crippen LogP contribution in [0.2, 0.25) is 0 Å². The molecule has 18 heavy (non-hydrogen) atoms. The molecule has 0 aliphatic rings. The van der Waals surface area contributed by atoms with E-state index < -0.39 is 0 Å². The zero-order valence-electron chi connectivity index (χ0n) is 10.2. The van der Waals surface area contributed by atoms with Crippen molar-refractivity contribution in [1.82, 2.24) is 15.3 Å². The van der Waals surface area contributed by atoms with Gasteiger partial charge in [0, 0.05) is 27.1 Å². The molecule has 2 rings (SSSR count). The highest BCUT2D eigenvalue weighted by atomic mass is 79.9. The molecule has 4 nitrogen and oxygen atoms in total. The van der Waals surface area contributed by atoms with Crippen LogP contribution in [-0.4, -0.2) is 23.6 Å². The Bertz CT molecular complexity index is 518. The van der Waals surface area contributed by atoms with Crippen LogP contribution < -0.4 is 10.1 Å². The van der Waals surface area contributed by atoms with Crippen molar-refractivity contribution in [2.45, 2.75) is 13.0 Å². The molecule has 1 N–H and O–H groups in total. The van der Waals surface area contributed by atoms with Crippen molar-refractivity contribution in [3.63, 3.8) is 0 Å². The lowest BCUT2D eigenvalue weighted by atomic mass is 10.1. The second-order valence-electron chi connectivity index (χ2n) is 3.61. The average Bonchev–Trinajstić information content (AvgIpc) is 2.82. The first-order valence-electron chi connectivity index (χ1n) is 5.58. The molecule has 0 aliphatic heterocycles. The van der Waals surface area contributed by atoms with Crippen molar-refractivity contribution in [3.8, 4) is 5.88 Å². The number of aromatic nitrogens is 2. The smallest absolute Gasteiger partial charge is 0.237 e. The largest absolute Gasteiger partial charge is 0.480 e.